The van der Waals surface area contributed by atoms with E-state index in [0.717, 1.165) is 12.1 Å². The third-order valence-corrected chi connectivity index (χ3v) is 2.72. The van der Waals surface area contributed by atoms with Gasteiger partial charge in [-0.05, 0) is 18.1 Å². The van der Waals surface area contributed by atoms with Crippen LogP contribution >= 0.6 is 0 Å². The molecule has 0 aliphatic heterocycles. The average Bonchev–Trinajstić information content (AvgIpc) is 2.38. The number of carbonyl (C=O) groups is 2. The largest absolute Gasteiger partial charge is 0.467 e. The Morgan fingerprint density at radius 2 is 1.90 bits per heavy atom. The average molecular weight is 286 g/mol. The molecule has 0 aliphatic rings. The first-order valence-electron chi connectivity index (χ1n) is 5.91. The Morgan fingerprint density at radius 3 is 2.40 bits per heavy atom. The predicted octanol–water partition coefficient (Wildman–Crippen LogP) is 1.47. The molecule has 1 aromatic rings. The number of ether oxygens (including phenoxy) is 1. The summed E-state index contributed by atoms with van der Waals surface area (Å²) in [6.45, 7) is 3.36. The fourth-order valence-corrected chi connectivity index (χ4v) is 1.62. The second-order valence-electron chi connectivity index (χ2n) is 4.57. The minimum atomic E-state index is -1.03. The van der Waals surface area contributed by atoms with Gasteiger partial charge in [-0.1, -0.05) is 13.8 Å². The van der Waals surface area contributed by atoms with Crippen LogP contribution in [0.15, 0.2) is 12.1 Å². The number of esters is 1. The van der Waals surface area contributed by atoms with E-state index in [-0.39, 0.29) is 5.92 Å². The van der Waals surface area contributed by atoms with E-state index in [1.165, 1.54) is 7.11 Å². The fraction of sp³-hybridized carbons (Fsp3) is 0.385. The molecule has 0 spiro atoms. The molecule has 0 saturated heterocycles. The topological polar surface area (TPSA) is 81.4 Å². The van der Waals surface area contributed by atoms with E-state index in [1.54, 1.807) is 13.8 Å². The van der Waals surface area contributed by atoms with Crippen molar-refractivity contribution < 1.29 is 23.1 Å². The Hall–Kier alpha value is -2.18. The maximum atomic E-state index is 13.7. The maximum Gasteiger partial charge on any atom is 0.328 e. The number of hydrogen-bond acceptors (Lipinski definition) is 4. The zero-order chi connectivity index (χ0) is 15.4. The van der Waals surface area contributed by atoms with E-state index >= 15 is 0 Å². The summed E-state index contributed by atoms with van der Waals surface area (Å²) in [7, 11) is 1.17. The molecule has 1 unspecified atom stereocenters. The van der Waals surface area contributed by atoms with Gasteiger partial charge in [0, 0.05) is 0 Å². The molecule has 0 aliphatic carbocycles. The van der Waals surface area contributed by atoms with Crippen molar-refractivity contribution in [1.82, 2.24) is 5.32 Å². The Kier molecular flexibility index (Phi) is 5.01. The molecule has 20 heavy (non-hydrogen) atoms. The normalized spacial score (nSPS) is 12.1. The number of benzene rings is 1. The van der Waals surface area contributed by atoms with Crippen LogP contribution in [0.25, 0.3) is 0 Å². The van der Waals surface area contributed by atoms with Gasteiger partial charge in [0.2, 0.25) is 0 Å². The first-order chi connectivity index (χ1) is 9.27. The molecule has 0 radical (unpaired) electrons. The molecule has 3 N–H and O–H groups in total. The number of nitrogens with two attached hydrogens (primary N) is 1. The van der Waals surface area contributed by atoms with Gasteiger partial charge in [0.05, 0.1) is 18.4 Å². The lowest BCUT2D eigenvalue weighted by Crippen LogP contribution is -2.45. The van der Waals surface area contributed by atoms with E-state index in [0.29, 0.717) is 0 Å². The number of carbonyl (C=O) groups excluding carboxylic acids is 2. The second-order valence-corrected chi connectivity index (χ2v) is 4.57. The third-order valence-electron chi connectivity index (χ3n) is 2.72. The molecular weight excluding hydrogens is 270 g/mol. The lowest BCUT2D eigenvalue weighted by molar-refractivity contribution is -0.144. The number of methoxy groups -OCH3 is 1. The van der Waals surface area contributed by atoms with Crippen LogP contribution in [0, 0.1) is 17.6 Å². The summed E-state index contributed by atoms with van der Waals surface area (Å²) < 4.78 is 31.4. The molecule has 5 nitrogen and oxygen atoms in total. The minimum Gasteiger partial charge on any atom is -0.467 e. The minimum absolute atomic E-state index is 0.277. The van der Waals surface area contributed by atoms with Gasteiger partial charge in [0.25, 0.3) is 5.91 Å². The smallest absolute Gasteiger partial charge is 0.328 e. The SMILES string of the molecule is COC(=O)C(NC(=O)c1cc(F)cc(N)c1F)C(C)C. The molecule has 0 aromatic heterocycles. The number of halogens is 2. The lowest BCUT2D eigenvalue weighted by Gasteiger charge is -2.20. The molecule has 1 aromatic carbocycles. The molecule has 1 amide bonds. The number of amides is 1. The molecule has 0 bridgehead atoms. The summed E-state index contributed by atoms with van der Waals surface area (Å²) in [5.41, 5.74) is 4.21. The molecule has 0 saturated carbocycles. The van der Waals surface area contributed by atoms with E-state index in [9.17, 15) is 18.4 Å². The highest BCUT2D eigenvalue weighted by Crippen LogP contribution is 2.18. The van der Waals surface area contributed by atoms with Crippen LogP contribution in [0.1, 0.15) is 24.2 Å². The Balaban J connectivity index is 3.04. The van der Waals surface area contributed by atoms with Crippen LogP contribution in [0.2, 0.25) is 0 Å². The first kappa shape index (κ1) is 15.9. The molecule has 1 rings (SSSR count). The van der Waals surface area contributed by atoms with Crippen molar-refractivity contribution in [3.63, 3.8) is 0 Å². The summed E-state index contributed by atoms with van der Waals surface area (Å²) in [4.78, 5) is 23.4. The number of anilines is 1. The van der Waals surface area contributed by atoms with Crippen molar-refractivity contribution in [2.75, 3.05) is 12.8 Å². The zero-order valence-electron chi connectivity index (χ0n) is 11.4. The quantitative estimate of drug-likeness (QED) is 0.649. The fourth-order valence-electron chi connectivity index (χ4n) is 1.62. The summed E-state index contributed by atoms with van der Waals surface area (Å²) >= 11 is 0. The number of hydrogen-bond donors (Lipinski definition) is 2. The van der Waals surface area contributed by atoms with Gasteiger partial charge in [-0.3, -0.25) is 4.79 Å². The number of rotatable bonds is 4. The van der Waals surface area contributed by atoms with E-state index in [2.05, 4.69) is 10.1 Å². The van der Waals surface area contributed by atoms with Gasteiger partial charge in [-0.2, -0.15) is 0 Å². The van der Waals surface area contributed by atoms with Crippen LogP contribution in [-0.4, -0.2) is 25.0 Å². The summed E-state index contributed by atoms with van der Waals surface area (Å²) in [6, 6.07) is 0.526. The van der Waals surface area contributed by atoms with E-state index in [1.807, 2.05) is 0 Å². The van der Waals surface area contributed by atoms with Gasteiger partial charge in [0.1, 0.15) is 11.9 Å². The van der Waals surface area contributed by atoms with Gasteiger partial charge >= 0.3 is 5.97 Å². The van der Waals surface area contributed by atoms with Crippen LogP contribution in [0.3, 0.4) is 0 Å². The third kappa shape index (κ3) is 3.43. The molecule has 0 fully saturated rings. The molecule has 110 valence electrons. The monoisotopic (exact) mass is 286 g/mol. The Labute approximate surface area is 115 Å². The van der Waals surface area contributed by atoms with Crippen molar-refractivity contribution in [1.29, 1.82) is 0 Å². The van der Waals surface area contributed by atoms with E-state index < -0.39 is 40.8 Å². The van der Waals surface area contributed by atoms with E-state index in [4.69, 9.17) is 5.73 Å². The van der Waals surface area contributed by atoms with Crippen molar-refractivity contribution in [2.45, 2.75) is 19.9 Å². The Bertz CT molecular complexity index is 533. The van der Waals surface area contributed by atoms with Crippen molar-refractivity contribution in [2.24, 2.45) is 5.92 Å². The summed E-state index contributed by atoms with van der Waals surface area (Å²) in [6.07, 6.45) is 0. The summed E-state index contributed by atoms with van der Waals surface area (Å²) in [5.74, 6) is -3.75. The predicted molar refractivity (Wildman–Crippen MR) is 68.9 cm³/mol. The maximum absolute atomic E-state index is 13.7. The first-order valence-corrected chi connectivity index (χ1v) is 5.91. The van der Waals surface area contributed by atoms with Gasteiger partial charge in [-0.15, -0.1) is 0 Å². The zero-order valence-corrected chi connectivity index (χ0v) is 11.4. The van der Waals surface area contributed by atoms with Gasteiger partial charge in [-0.25, -0.2) is 13.6 Å². The van der Waals surface area contributed by atoms with Crippen molar-refractivity contribution in [3.05, 3.63) is 29.3 Å². The molecule has 7 heteroatoms. The Morgan fingerprint density at radius 1 is 1.30 bits per heavy atom. The molecule has 0 heterocycles. The summed E-state index contributed by atoms with van der Waals surface area (Å²) in [5, 5.41) is 2.30. The highest BCUT2D eigenvalue weighted by atomic mass is 19.1. The van der Waals surface area contributed by atoms with Crippen LogP contribution < -0.4 is 11.1 Å². The van der Waals surface area contributed by atoms with Crippen molar-refractivity contribution in [3.8, 4) is 0 Å². The highest BCUT2D eigenvalue weighted by Gasteiger charge is 2.27. The van der Waals surface area contributed by atoms with Crippen LogP contribution in [0.4, 0.5) is 14.5 Å². The standard InChI is InChI=1S/C13H16F2N2O3/c1-6(2)11(13(19)20-3)17-12(18)8-4-7(14)5-9(16)10(8)15/h4-6,11H,16H2,1-3H3,(H,17,18). The van der Waals surface area contributed by atoms with Crippen LogP contribution in [0.5, 0.6) is 0 Å². The van der Waals surface area contributed by atoms with Crippen molar-refractivity contribution >= 4 is 17.6 Å². The highest BCUT2D eigenvalue weighted by molar-refractivity contribution is 5.97. The van der Waals surface area contributed by atoms with Gasteiger partial charge < -0.3 is 15.8 Å². The lowest BCUT2D eigenvalue weighted by atomic mass is 10.0. The van der Waals surface area contributed by atoms with Crippen LogP contribution in [-0.2, 0) is 9.53 Å². The second kappa shape index (κ2) is 6.31. The van der Waals surface area contributed by atoms with Gasteiger partial charge in [0.15, 0.2) is 5.82 Å². The molecule has 1 atom stereocenters. The number of nitrogens with one attached hydrogen (secondary N) is 1. The number of nitrogen functional groups attached to an aromatic ring is 1. The molecular formula is C13H16F2N2O3.